The Labute approximate surface area is 112 Å². The van der Waals surface area contributed by atoms with Crippen molar-refractivity contribution in [3.63, 3.8) is 0 Å². The number of urea groups is 1. The van der Waals surface area contributed by atoms with E-state index in [0.717, 1.165) is 26.1 Å². The van der Waals surface area contributed by atoms with Crippen molar-refractivity contribution in [3.8, 4) is 0 Å². The lowest BCUT2D eigenvalue weighted by atomic mass is 9.86. The number of nitrogens with zero attached hydrogens (tertiary/aromatic N) is 2. The van der Waals surface area contributed by atoms with Gasteiger partial charge in [0.05, 0.1) is 0 Å². The number of amides is 2. The minimum Gasteiger partial charge on any atom is -0.328 e. The molecule has 1 fully saturated rings. The molecule has 0 saturated carbocycles. The molecule has 0 unspecified atom stereocenters. The second kappa shape index (κ2) is 5.91. The molecule has 1 rings (SSSR count). The molecule has 0 aromatic carbocycles. The molecule has 0 bridgehead atoms. The monoisotopic (exact) mass is 255 g/mol. The largest absolute Gasteiger partial charge is 0.328 e. The predicted octanol–water partition coefficient (Wildman–Crippen LogP) is 2.16. The summed E-state index contributed by atoms with van der Waals surface area (Å²) in [5.41, 5.74) is 0.153. The van der Waals surface area contributed by atoms with E-state index >= 15 is 0 Å². The summed E-state index contributed by atoms with van der Waals surface area (Å²) in [6, 6.07) is 0.931. The predicted molar refractivity (Wildman–Crippen MR) is 75.7 cm³/mol. The van der Waals surface area contributed by atoms with Gasteiger partial charge in [-0.15, -0.1) is 0 Å². The van der Waals surface area contributed by atoms with Crippen LogP contribution in [0.25, 0.3) is 0 Å². The van der Waals surface area contributed by atoms with E-state index in [9.17, 15) is 4.79 Å². The van der Waals surface area contributed by atoms with Gasteiger partial charge in [0.15, 0.2) is 0 Å². The third-order valence-corrected chi connectivity index (χ3v) is 3.50. The number of rotatable bonds is 4. The van der Waals surface area contributed by atoms with Crippen LogP contribution in [0.1, 0.15) is 41.0 Å². The highest BCUT2D eigenvalue weighted by atomic mass is 16.2. The Kier molecular flexibility index (Phi) is 5.02. The van der Waals surface area contributed by atoms with Crippen molar-refractivity contribution in [1.82, 2.24) is 15.1 Å². The van der Waals surface area contributed by atoms with E-state index in [2.05, 4.69) is 39.9 Å². The quantitative estimate of drug-likeness (QED) is 0.835. The first-order chi connectivity index (χ1) is 8.21. The molecule has 2 amide bonds. The maximum absolute atomic E-state index is 12.1. The van der Waals surface area contributed by atoms with E-state index in [-0.39, 0.29) is 11.4 Å². The fourth-order valence-electron chi connectivity index (χ4n) is 2.30. The van der Waals surface area contributed by atoms with E-state index in [0.29, 0.717) is 12.1 Å². The number of carbonyl (C=O) groups is 1. The Hall–Kier alpha value is -0.770. The average Bonchev–Trinajstić information content (AvgIpc) is 2.21. The molecule has 0 aromatic rings. The van der Waals surface area contributed by atoms with Crippen LogP contribution in [0.5, 0.6) is 0 Å². The van der Waals surface area contributed by atoms with Crippen molar-refractivity contribution in [1.29, 1.82) is 0 Å². The van der Waals surface area contributed by atoms with Gasteiger partial charge in [-0.05, 0) is 11.8 Å². The highest BCUT2D eigenvalue weighted by molar-refractivity contribution is 5.74. The first-order valence-electron chi connectivity index (χ1n) is 6.98. The smallest absolute Gasteiger partial charge is 0.319 e. The molecule has 1 heterocycles. The molecule has 0 spiro atoms. The zero-order valence-corrected chi connectivity index (χ0v) is 12.8. The van der Waals surface area contributed by atoms with E-state index < -0.39 is 0 Å². The Balaban J connectivity index is 2.68. The number of nitrogens with one attached hydrogen (secondary N) is 1. The normalized spacial score (nSPS) is 19.6. The lowest BCUT2D eigenvalue weighted by Gasteiger charge is -2.40. The van der Waals surface area contributed by atoms with Crippen LogP contribution >= 0.6 is 0 Å². The van der Waals surface area contributed by atoms with Gasteiger partial charge in [-0.25, -0.2) is 4.79 Å². The van der Waals surface area contributed by atoms with Crippen LogP contribution in [-0.4, -0.2) is 54.6 Å². The van der Waals surface area contributed by atoms with Gasteiger partial charge in [-0.3, -0.25) is 0 Å². The Morgan fingerprint density at radius 1 is 1.28 bits per heavy atom. The van der Waals surface area contributed by atoms with Gasteiger partial charge in [-0.1, -0.05) is 34.6 Å². The molecule has 106 valence electrons. The molecule has 1 aliphatic rings. The van der Waals surface area contributed by atoms with Crippen LogP contribution in [0.2, 0.25) is 0 Å². The summed E-state index contributed by atoms with van der Waals surface area (Å²) in [6.07, 6.45) is 1.07. The molecular weight excluding hydrogens is 226 g/mol. The maximum Gasteiger partial charge on any atom is 0.319 e. The number of hydrogen-bond acceptors (Lipinski definition) is 2. The summed E-state index contributed by atoms with van der Waals surface area (Å²) in [6.45, 7) is 13.6. The second-order valence-corrected chi connectivity index (χ2v) is 6.74. The molecule has 1 aliphatic heterocycles. The van der Waals surface area contributed by atoms with Crippen molar-refractivity contribution in [3.05, 3.63) is 0 Å². The van der Waals surface area contributed by atoms with Gasteiger partial charge >= 0.3 is 6.03 Å². The minimum atomic E-state index is 0.153. The summed E-state index contributed by atoms with van der Waals surface area (Å²) in [5.74, 6) is 0. The van der Waals surface area contributed by atoms with Crippen LogP contribution in [0.4, 0.5) is 4.79 Å². The van der Waals surface area contributed by atoms with Gasteiger partial charge < -0.3 is 15.1 Å². The highest BCUT2D eigenvalue weighted by Gasteiger charge is 2.31. The van der Waals surface area contributed by atoms with Gasteiger partial charge in [0, 0.05) is 38.8 Å². The summed E-state index contributed by atoms with van der Waals surface area (Å²) >= 11 is 0. The third-order valence-electron chi connectivity index (χ3n) is 3.50. The Morgan fingerprint density at radius 3 is 2.39 bits per heavy atom. The number of hydrogen-bond donors (Lipinski definition) is 1. The van der Waals surface area contributed by atoms with Crippen LogP contribution < -0.4 is 5.32 Å². The molecule has 1 saturated heterocycles. The third kappa shape index (κ3) is 4.16. The summed E-state index contributed by atoms with van der Waals surface area (Å²) < 4.78 is 0. The second-order valence-electron chi connectivity index (χ2n) is 6.74. The van der Waals surface area contributed by atoms with Gasteiger partial charge in [-0.2, -0.15) is 0 Å². The zero-order chi connectivity index (χ0) is 13.9. The first kappa shape index (κ1) is 15.3. The van der Waals surface area contributed by atoms with E-state index in [1.807, 2.05) is 16.8 Å². The van der Waals surface area contributed by atoms with Crippen LogP contribution in [0.15, 0.2) is 0 Å². The van der Waals surface area contributed by atoms with E-state index in [1.54, 1.807) is 0 Å². The molecule has 1 N–H and O–H groups in total. The van der Waals surface area contributed by atoms with E-state index in [1.165, 1.54) is 0 Å². The Bertz CT molecular complexity index is 283. The van der Waals surface area contributed by atoms with E-state index in [4.69, 9.17) is 0 Å². The SMILES string of the molecule is CC(C)N[C@H](CN1CCCN(C)C1=O)C(C)(C)C. The molecule has 18 heavy (non-hydrogen) atoms. The first-order valence-corrected chi connectivity index (χ1v) is 6.98. The fraction of sp³-hybridized carbons (Fsp3) is 0.929. The Morgan fingerprint density at radius 2 is 1.89 bits per heavy atom. The molecule has 4 nitrogen and oxygen atoms in total. The lowest BCUT2D eigenvalue weighted by molar-refractivity contribution is 0.118. The molecule has 0 aliphatic carbocycles. The standard InChI is InChI=1S/C14H29N3O/c1-11(2)15-12(14(3,4)5)10-17-9-7-8-16(6)13(17)18/h11-12,15H,7-10H2,1-6H3/t12-/m1/s1. The van der Waals surface area contributed by atoms with Crippen LogP contribution in [-0.2, 0) is 0 Å². The van der Waals surface area contributed by atoms with Gasteiger partial charge in [0.2, 0.25) is 0 Å². The summed E-state index contributed by atoms with van der Waals surface area (Å²) in [4.78, 5) is 15.9. The topological polar surface area (TPSA) is 35.6 Å². The van der Waals surface area contributed by atoms with Gasteiger partial charge in [0.25, 0.3) is 0 Å². The molecular formula is C14H29N3O. The maximum atomic E-state index is 12.1. The lowest BCUT2D eigenvalue weighted by Crippen LogP contribution is -2.56. The van der Waals surface area contributed by atoms with Crippen molar-refractivity contribution in [2.24, 2.45) is 5.41 Å². The molecule has 0 radical (unpaired) electrons. The van der Waals surface area contributed by atoms with Crippen molar-refractivity contribution < 1.29 is 4.79 Å². The molecule has 0 aromatic heterocycles. The summed E-state index contributed by atoms with van der Waals surface area (Å²) in [5, 5.41) is 3.59. The average molecular weight is 255 g/mol. The van der Waals surface area contributed by atoms with Crippen molar-refractivity contribution >= 4 is 6.03 Å². The molecule has 1 atom stereocenters. The van der Waals surface area contributed by atoms with Crippen molar-refractivity contribution in [2.45, 2.75) is 53.1 Å². The van der Waals surface area contributed by atoms with Gasteiger partial charge in [0.1, 0.15) is 0 Å². The highest BCUT2D eigenvalue weighted by Crippen LogP contribution is 2.22. The van der Waals surface area contributed by atoms with Crippen LogP contribution in [0.3, 0.4) is 0 Å². The van der Waals surface area contributed by atoms with Crippen molar-refractivity contribution in [2.75, 3.05) is 26.7 Å². The zero-order valence-electron chi connectivity index (χ0n) is 12.8. The number of carbonyl (C=O) groups excluding carboxylic acids is 1. The summed E-state index contributed by atoms with van der Waals surface area (Å²) in [7, 11) is 1.89. The minimum absolute atomic E-state index is 0.153. The fourth-order valence-corrected chi connectivity index (χ4v) is 2.30. The van der Waals surface area contributed by atoms with Crippen LogP contribution in [0, 0.1) is 5.41 Å². The molecule has 4 heteroatoms.